The van der Waals surface area contributed by atoms with Gasteiger partial charge >= 0.3 is 0 Å². The standard InChI is InChI=1S/C47H33N/c1-3-11-33(12-4-1)35-19-24-37(25-20-35)47(41-28-23-34-13-7-8-14-39(34)31-41)38-26-21-36(22-27-38)40-29-30-46-44(32-40)43-17-9-10-18-45(43)48(46)42-15-5-2-6-16-42/h1-32,47H. The Morgan fingerprint density at radius 2 is 0.833 bits per heavy atom. The number of hydrogen-bond donors (Lipinski definition) is 0. The summed E-state index contributed by atoms with van der Waals surface area (Å²) in [6.07, 6.45) is 0. The highest BCUT2D eigenvalue weighted by atomic mass is 15.0. The van der Waals surface area contributed by atoms with Crippen molar-refractivity contribution in [3.63, 3.8) is 0 Å². The van der Waals surface area contributed by atoms with E-state index < -0.39 is 0 Å². The molecule has 0 aliphatic heterocycles. The van der Waals surface area contributed by atoms with E-state index in [2.05, 4.69) is 199 Å². The van der Waals surface area contributed by atoms with Crippen molar-refractivity contribution in [2.75, 3.05) is 0 Å². The van der Waals surface area contributed by atoms with Gasteiger partial charge in [0.2, 0.25) is 0 Å². The third kappa shape index (κ3) is 4.98. The highest BCUT2D eigenvalue weighted by Crippen LogP contribution is 2.38. The first-order chi connectivity index (χ1) is 23.8. The fourth-order valence-electron chi connectivity index (χ4n) is 7.34. The molecule has 1 heteroatoms. The second-order valence-corrected chi connectivity index (χ2v) is 12.6. The Bertz CT molecular complexity index is 2520. The number of aromatic nitrogens is 1. The molecule has 0 spiro atoms. The van der Waals surface area contributed by atoms with E-state index in [0.29, 0.717) is 0 Å². The first kappa shape index (κ1) is 28.1. The highest BCUT2D eigenvalue weighted by Gasteiger charge is 2.19. The quantitative estimate of drug-likeness (QED) is 0.165. The Labute approximate surface area is 281 Å². The van der Waals surface area contributed by atoms with Crippen molar-refractivity contribution in [1.29, 1.82) is 0 Å². The summed E-state index contributed by atoms with van der Waals surface area (Å²) in [6.45, 7) is 0. The van der Waals surface area contributed by atoms with Crippen LogP contribution in [-0.2, 0) is 0 Å². The van der Waals surface area contributed by atoms with Gasteiger partial charge in [0.1, 0.15) is 0 Å². The molecule has 0 N–H and O–H groups in total. The lowest BCUT2D eigenvalue weighted by Gasteiger charge is -2.20. The molecule has 0 aliphatic rings. The lowest BCUT2D eigenvalue weighted by molar-refractivity contribution is 0.981. The molecule has 0 saturated carbocycles. The molecule has 0 fully saturated rings. The molecule has 1 aromatic heterocycles. The van der Waals surface area contributed by atoms with Crippen LogP contribution >= 0.6 is 0 Å². The van der Waals surface area contributed by atoms with Gasteiger partial charge in [0.05, 0.1) is 11.0 Å². The maximum Gasteiger partial charge on any atom is 0.0541 e. The normalized spacial score (nSPS) is 12.1. The minimum atomic E-state index is 0.111. The smallest absolute Gasteiger partial charge is 0.0541 e. The van der Waals surface area contributed by atoms with E-state index in [4.69, 9.17) is 0 Å². The van der Waals surface area contributed by atoms with Gasteiger partial charge in [-0.15, -0.1) is 0 Å². The van der Waals surface area contributed by atoms with E-state index in [1.165, 1.54) is 77.2 Å². The van der Waals surface area contributed by atoms with Crippen molar-refractivity contribution in [1.82, 2.24) is 4.57 Å². The third-order valence-corrected chi connectivity index (χ3v) is 9.72. The molecule has 1 atom stereocenters. The summed E-state index contributed by atoms with van der Waals surface area (Å²) in [6, 6.07) is 70.7. The van der Waals surface area contributed by atoms with Gasteiger partial charge in [-0.3, -0.25) is 0 Å². The first-order valence-corrected chi connectivity index (χ1v) is 16.6. The average molecular weight is 612 g/mol. The number of nitrogens with zero attached hydrogens (tertiary/aromatic N) is 1. The molecule has 9 aromatic rings. The Balaban J connectivity index is 1.13. The topological polar surface area (TPSA) is 4.93 Å². The fourth-order valence-corrected chi connectivity index (χ4v) is 7.34. The summed E-state index contributed by atoms with van der Waals surface area (Å²) in [4.78, 5) is 0. The molecule has 48 heavy (non-hydrogen) atoms. The monoisotopic (exact) mass is 611 g/mol. The van der Waals surface area contributed by atoms with Gasteiger partial charge in [-0.2, -0.15) is 0 Å². The van der Waals surface area contributed by atoms with E-state index in [1.54, 1.807) is 0 Å². The number of rotatable bonds is 6. The van der Waals surface area contributed by atoms with Gasteiger partial charge < -0.3 is 4.57 Å². The van der Waals surface area contributed by atoms with Gasteiger partial charge in [-0.05, 0) is 80.0 Å². The Morgan fingerprint density at radius 1 is 0.312 bits per heavy atom. The van der Waals surface area contributed by atoms with Gasteiger partial charge in [-0.1, -0.05) is 164 Å². The Kier molecular flexibility index (Phi) is 6.95. The molecule has 8 aromatic carbocycles. The van der Waals surface area contributed by atoms with Crippen LogP contribution in [0.3, 0.4) is 0 Å². The zero-order valence-corrected chi connectivity index (χ0v) is 26.5. The summed E-state index contributed by atoms with van der Waals surface area (Å²) in [5, 5.41) is 5.06. The second-order valence-electron chi connectivity index (χ2n) is 12.6. The average Bonchev–Trinajstić information content (AvgIpc) is 3.50. The van der Waals surface area contributed by atoms with E-state index in [0.717, 1.165) is 0 Å². The lowest BCUT2D eigenvalue weighted by Crippen LogP contribution is -2.03. The molecular weight excluding hydrogens is 579 g/mol. The van der Waals surface area contributed by atoms with Crippen molar-refractivity contribution in [3.05, 3.63) is 211 Å². The molecule has 0 radical (unpaired) electrons. The predicted molar refractivity (Wildman–Crippen MR) is 203 cm³/mol. The number of fused-ring (bicyclic) bond motifs is 4. The maximum absolute atomic E-state index is 2.37. The van der Waals surface area contributed by atoms with E-state index in [-0.39, 0.29) is 5.92 Å². The summed E-state index contributed by atoms with van der Waals surface area (Å²) in [7, 11) is 0. The molecule has 9 rings (SSSR count). The Hall–Kier alpha value is -6.18. The van der Waals surface area contributed by atoms with Crippen molar-refractivity contribution >= 4 is 32.6 Å². The fraction of sp³-hybridized carbons (Fsp3) is 0.0213. The Morgan fingerprint density at radius 3 is 1.56 bits per heavy atom. The zero-order valence-electron chi connectivity index (χ0n) is 26.5. The van der Waals surface area contributed by atoms with Gasteiger partial charge in [0.15, 0.2) is 0 Å². The molecule has 0 aliphatic carbocycles. The molecule has 1 nitrogen and oxygen atoms in total. The molecular formula is C47H33N. The molecule has 0 bridgehead atoms. The number of para-hydroxylation sites is 2. The van der Waals surface area contributed by atoms with Gasteiger partial charge in [0.25, 0.3) is 0 Å². The van der Waals surface area contributed by atoms with E-state index in [9.17, 15) is 0 Å². The van der Waals surface area contributed by atoms with Crippen LogP contribution in [0.25, 0.3) is 60.5 Å². The van der Waals surface area contributed by atoms with E-state index >= 15 is 0 Å². The number of hydrogen-bond acceptors (Lipinski definition) is 0. The van der Waals surface area contributed by atoms with Crippen molar-refractivity contribution in [2.24, 2.45) is 0 Å². The van der Waals surface area contributed by atoms with Crippen LogP contribution in [0.4, 0.5) is 0 Å². The molecule has 1 unspecified atom stereocenters. The summed E-state index contributed by atoms with van der Waals surface area (Å²) in [5.74, 6) is 0.111. The van der Waals surface area contributed by atoms with Crippen molar-refractivity contribution in [3.8, 4) is 27.9 Å². The maximum atomic E-state index is 2.37. The molecule has 0 amide bonds. The highest BCUT2D eigenvalue weighted by molar-refractivity contribution is 6.10. The minimum Gasteiger partial charge on any atom is -0.309 e. The van der Waals surface area contributed by atoms with Gasteiger partial charge in [-0.25, -0.2) is 0 Å². The molecule has 1 heterocycles. The van der Waals surface area contributed by atoms with Crippen LogP contribution < -0.4 is 0 Å². The largest absolute Gasteiger partial charge is 0.309 e. The van der Waals surface area contributed by atoms with Crippen LogP contribution in [0.2, 0.25) is 0 Å². The predicted octanol–water partition coefficient (Wildman–Crippen LogP) is 12.5. The summed E-state index contributed by atoms with van der Waals surface area (Å²) in [5.41, 5.74) is 12.4. The second kappa shape index (κ2) is 11.9. The third-order valence-electron chi connectivity index (χ3n) is 9.72. The van der Waals surface area contributed by atoms with Crippen LogP contribution in [0.1, 0.15) is 22.6 Å². The van der Waals surface area contributed by atoms with Crippen molar-refractivity contribution < 1.29 is 0 Å². The summed E-state index contributed by atoms with van der Waals surface area (Å²) < 4.78 is 2.37. The van der Waals surface area contributed by atoms with Crippen molar-refractivity contribution in [2.45, 2.75) is 5.92 Å². The number of benzene rings is 8. The summed E-state index contributed by atoms with van der Waals surface area (Å²) >= 11 is 0. The van der Waals surface area contributed by atoms with Crippen LogP contribution in [-0.4, -0.2) is 4.57 Å². The first-order valence-electron chi connectivity index (χ1n) is 16.6. The van der Waals surface area contributed by atoms with Crippen LogP contribution in [0, 0.1) is 0 Å². The van der Waals surface area contributed by atoms with E-state index in [1.807, 2.05) is 0 Å². The zero-order chi connectivity index (χ0) is 31.9. The molecule has 0 saturated heterocycles. The van der Waals surface area contributed by atoms with Gasteiger partial charge in [0, 0.05) is 22.4 Å². The van der Waals surface area contributed by atoms with Crippen LogP contribution in [0.15, 0.2) is 194 Å². The lowest BCUT2D eigenvalue weighted by atomic mass is 9.83. The SMILES string of the molecule is c1ccc(-c2ccc(C(c3ccc(-c4ccc5c(c4)c4ccccc4n5-c4ccccc4)cc3)c3ccc4ccccc4c3)cc2)cc1. The minimum absolute atomic E-state index is 0.111. The molecule has 226 valence electrons. The van der Waals surface area contributed by atoms with Crippen LogP contribution in [0.5, 0.6) is 0 Å².